The maximum atomic E-state index is 11.6. The van der Waals surface area contributed by atoms with Gasteiger partial charge >= 0.3 is 5.97 Å². The van der Waals surface area contributed by atoms with Crippen LogP contribution in [0.3, 0.4) is 0 Å². The molecule has 0 amide bonds. The third-order valence-electron chi connectivity index (χ3n) is 2.72. The number of pyridine rings is 1. The summed E-state index contributed by atoms with van der Waals surface area (Å²) in [5.74, 6) is 0.666. The van der Waals surface area contributed by atoms with Gasteiger partial charge in [-0.25, -0.2) is 9.78 Å². The van der Waals surface area contributed by atoms with E-state index in [1.165, 1.54) is 7.11 Å². The normalized spacial score (nSPS) is 10.2. The quantitative estimate of drug-likeness (QED) is 0.802. The number of halogens is 1. The first kappa shape index (κ1) is 14.3. The van der Waals surface area contributed by atoms with Crippen molar-refractivity contribution in [1.29, 1.82) is 0 Å². The number of aryl methyl sites for hydroxylation is 1. The van der Waals surface area contributed by atoms with Gasteiger partial charge in [-0.2, -0.15) is 0 Å². The number of ether oxygens (including phenoxy) is 2. The van der Waals surface area contributed by atoms with E-state index < -0.39 is 5.97 Å². The Kier molecular flexibility index (Phi) is 4.58. The van der Waals surface area contributed by atoms with Crippen LogP contribution in [0.4, 0.5) is 0 Å². The standard InChI is InChI=1S/C15H14ClNO3/c1-3-13-12(15(18)19-2)8-9-14(17-13)20-11-6-4-10(16)5-7-11/h4-9H,3H2,1-2H3. The maximum Gasteiger partial charge on any atom is 0.339 e. The smallest absolute Gasteiger partial charge is 0.339 e. The summed E-state index contributed by atoms with van der Waals surface area (Å²) >= 11 is 5.81. The number of methoxy groups -OCH3 is 1. The zero-order valence-electron chi connectivity index (χ0n) is 11.2. The Morgan fingerprint density at radius 3 is 2.50 bits per heavy atom. The molecule has 0 saturated carbocycles. The van der Waals surface area contributed by atoms with Crippen LogP contribution in [0.2, 0.25) is 5.02 Å². The van der Waals surface area contributed by atoms with Gasteiger partial charge in [0.1, 0.15) is 5.75 Å². The summed E-state index contributed by atoms with van der Waals surface area (Å²) < 4.78 is 10.3. The van der Waals surface area contributed by atoms with Gasteiger partial charge in [0.15, 0.2) is 0 Å². The molecule has 4 nitrogen and oxygen atoms in total. The molecule has 0 aliphatic heterocycles. The Hall–Kier alpha value is -2.07. The van der Waals surface area contributed by atoms with Crippen LogP contribution in [0.5, 0.6) is 11.6 Å². The number of aromatic nitrogens is 1. The van der Waals surface area contributed by atoms with Gasteiger partial charge in [0.25, 0.3) is 0 Å². The topological polar surface area (TPSA) is 48.4 Å². The van der Waals surface area contributed by atoms with E-state index in [0.29, 0.717) is 34.3 Å². The highest BCUT2D eigenvalue weighted by molar-refractivity contribution is 6.30. The highest BCUT2D eigenvalue weighted by Crippen LogP contribution is 2.23. The lowest BCUT2D eigenvalue weighted by molar-refractivity contribution is 0.0599. The van der Waals surface area contributed by atoms with E-state index in [4.69, 9.17) is 21.1 Å². The van der Waals surface area contributed by atoms with Crippen LogP contribution < -0.4 is 4.74 Å². The number of carbonyl (C=O) groups excluding carboxylic acids is 1. The number of carbonyl (C=O) groups is 1. The first-order chi connectivity index (χ1) is 9.63. The first-order valence-electron chi connectivity index (χ1n) is 6.15. The number of hydrogen-bond acceptors (Lipinski definition) is 4. The van der Waals surface area contributed by atoms with Gasteiger partial charge in [-0.3, -0.25) is 0 Å². The van der Waals surface area contributed by atoms with Crippen molar-refractivity contribution in [2.45, 2.75) is 13.3 Å². The third kappa shape index (κ3) is 3.27. The fraction of sp³-hybridized carbons (Fsp3) is 0.200. The summed E-state index contributed by atoms with van der Waals surface area (Å²) in [5, 5.41) is 0.639. The molecule has 1 aromatic carbocycles. The molecule has 0 atom stereocenters. The second-order valence-corrected chi connectivity index (χ2v) is 4.48. The van der Waals surface area contributed by atoms with Crippen LogP contribution in [-0.4, -0.2) is 18.1 Å². The highest BCUT2D eigenvalue weighted by Gasteiger charge is 2.13. The molecule has 2 rings (SSSR count). The second-order valence-electron chi connectivity index (χ2n) is 4.04. The number of rotatable bonds is 4. The molecule has 0 fully saturated rings. The molecule has 0 spiro atoms. The van der Waals surface area contributed by atoms with E-state index in [1.807, 2.05) is 6.92 Å². The molecule has 0 bridgehead atoms. The minimum Gasteiger partial charge on any atom is -0.465 e. The van der Waals surface area contributed by atoms with Crippen LogP contribution >= 0.6 is 11.6 Å². The van der Waals surface area contributed by atoms with Crippen molar-refractivity contribution in [2.75, 3.05) is 7.11 Å². The van der Waals surface area contributed by atoms with Crippen molar-refractivity contribution >= 4 is 17.6 Å². The van der Waals surface area contributed by atoms with Crippen LogP contribution in [0.1, 0.15) is 23.0 Å². The molecule has 5 heteroatoms. The predicted molar refractivity (Wildman–Crippen MR) is 76.5 cm³/mol. The van der Waals surface area contributed by atoms with E-state index in [9.17, 15) is 4.79 Å². The lowest BCUT2D eigenvalue weighted by Crippen LogP contribution is -2.07. The molecular formula is C15H14ClNO3. The molecule has 2 aromatic rings. The molecule has 0 aliphatic rings. The molecule has 0 radical (unpaired) electrons. The second kappa shape index (κ2) is 6.39. The Balaban J connectivity index is 2.25. The van der Waals surface area contributed by atoms with Crippen molar-refractivity contribution < 1.29 is 14.3 Å². The van der Waals surface area contributed by atoms with E-state index >= 15 is 0 Å². The van der Waals surface area contributed by atoms with Crippen molar-refractivity contribution in [3.8, 4) is 11.6 Å². The number of benzene rings is 1. The van der Waals surface area contributed by atoms with Gasteiger partial charge in [-0.05, 0) is 36.8 Å². The summed E-state index contributed by atoms with van der Waals surface area (Å²) in [6.07, 6.45) is 0.613. The van der Waals surface area contributed by atoms with E-state index in [0.717, 1.165) is 0 Å². The van der Waals surface area contributed by atoms with Crippen LogP contribution in [0, 0.1) is 0 Å². The third-order valence-corrected chi connectivity index (χ3v) is 2.98. The molecule has 0 N–H and O–H groups in total. The highest BCUT2D eigenvalue weighted by atomic mass is 35.5. The average Bonchev–Trinajstić information content (AvgIpc) is 2.48. The number of esters is 1. The molecule has 104 valence electrons. The maximum absolute atomic E-state index is 11.6. The Morgan fingerprint density at radius 2 is 1.90 bits per heavy atom. The van der Waals surface area contributed by atoms with Gasteiger partial charge in [-0.15, -0.1) is 0 Å². The molecule has 20 heavy (non-hydrogen) atoms. The summed E-state index contributed by atoms with van der Waals surface area (Å²) in [4.78, 5) is 15.9. The van der Waals surface area contributed by atoms with Crippen LogP contribution in [0.15, 0.2) is 36.4 Å². The van der Waals surface area contributed by atoms with E-state index in [2.05, 4.69) is 4.98 Å². The minimum absolute atomic E-state index is 0.396. The Bertz CT molecular complexity index is 611. The van der Waals surface area contributed by atoms with Crippen molar-refractivity contribution in [1.82, 2.24) is 4.98 Å². The monoisotopic (exact) mass is 291 g/mol. The average molecular weight is 292 g/mol. The molecular weight excluding hydrogens is 278 g/mol. The Labute approximate surface area is 122 Å². The van der Waals surface area contributed by atoms with Crippen molar-refractivity contribution in [3.63, 3.8) is 0 Å². The van der Waals surface area contributed by atoms with Crippen molar-refractivity contribution in [3.05, 3.63) is 52.7 Å². The van der Waals surface area contributed by atoms with Gasteiger partial charge < -0.3 is 9.47 Å². The molecule has 0 saturated heterocycles. The number of nitrogens with zero attached hydrogens (tertiary/aromatic N) is 1. The van der Waals surface area contributed by atoms with Gasteiger partial charge in [0.05, 0.1) is 18.4 Å². The minimum atomic E-state index is -0.396. The van der Waals surface area contributed by atoms with E-state index in [-0.39, 0.29) is 0 Å². The summed E-state index contributed by atoms with van der Waals surface area (Å²) in [6.45, 7) is 1.92. The summed E-state index contributed by atoms with van der Waals surface area (Å²) in [7, 11) is 1.35. The SMILES string of the molecule is CCc1nc(Oc2ccc(Cl)cc2)ccc1C(=O)OC. The Morgan fingerprint density at radius 1 is 1.20 bits per heavy atom. The van der Waals surface area contributed by atoms with E-state index in [1.54, 1.807) is 36.4 Å². The zero-order valence-corrected chi connectivity index (χ0v) is 12.0. The lowest BCUT2D eigenvalue weighted by Gasteiger charge is -2.09. The van der Waals surface area contributed by atoms with Crippen molar-refractivity contribution in [2.24, 2.45) is 0 Å². The number of hydrogen-bond donors (Lipinski definition) is 0. The summed E-state index contributed by atoms with van der Waals surface area (Å²) in [6, 6.07) is 10.3. The molecule has 1 heterocycles. The molecule has 0 unspecified atom stereocenters. The fourth-order valence-electron chi connectivity index (χ4n) is 1.73. The van der Waals surface area contributed by atoms with Crippen LogP contribution in [-0.2, 0) is 11.2 Å². The fourth-order valence-corrected chi connectivity index (χ4v) is 1.85. The van der Waals surface area contributed by atoms with Gasteiger partial charge in [0.2, 0.25) is 5.88 Å². The van der Waals surface area contributed by atoms with Gasteiger partial charge in [-0.1, -0.05) is 18.5 Å². The molecule has 0 aliphatic carbocycles. The first-order valence-corrected chi connectivity index (χ1v) is 6.53. The van der Waals surface area contributed by atoms with Crippen LogP contribution in [0.25, 0.3) is 0 Å². The zero-order chi connectivity index (χ0) is 14.5. The molecule has 1 aromatic heterocycles. The predicted octanol–water partition coefficient (Wildman–Crippen LogP) is 3.88. The lowest BCUT2D eigenvalue weighted by atomic mass is 10.1. The van der Waals surface area contributed by atoms with Gasteiger partial charge in [0, 0.05) is 11.1 Å². The largest absolute Gasteiger partial charge is 0.465 e. The summed E-state index contributed by atoms with van der Waals surface area (Å²) in [5.41, 5.74) is 1.10.